The molecule has 2 aliphatic heterocycles. The molecule has 4 nitrogen and oxygen atoms in total. The van der Waals surface area contributed by atoms with Crippen molar-refractivity contribution in [3.63, 3.8) is 0 Å². The largest absolute Gasteiger partial charge is 0.419 e. The first kappa shape index (κ1) is 16.9. The highest BCUT2D eigenvalue weighted by atomic mass is 32.2. The van der Waals surface area contributed by atoms with Crippen LogP contribution in [0.1, 0.15) is 12.0 Å². The Kier molecular flexibility index (Phi) is 5.03. The first-order chi connectivity index (χ1) is 11.0. The molecule has 3 rings (SSSR count). The number of halogens is 3. The average molecular weight is 347 g/mol. The molecule has 0 saturated carbocycles. The van der Waals surface area contributed by atoms with E-state index in [1.54, 1.807) is 0 Å². The lowest BCUT2D eigenvalue weighted by molar-refractivity contribution is -0.137. The summed E-state index contributed by atoms with van der Waals surface area (Å²) in [6.45, 7) is 3.50. The van der Waals surface area contributed by atoms with Crippen molar-refractivity contribution in [1.29, 1.82) is 0 Å². The van der Waals surface area contributed by atoms with E-state index >= 15 is 0 Å². The van der Waals surface area contributed by atoms with Gasteiger partial charge in [-0.1, -0.05) is 0 Å². The number of rotatable bonds is 4. The molecule has 0 bridgehead atoms. The number of alkyl halides is 3. The van der Waals surface area contributed by atoms with Crippen LogP contribution in [0.15, 0.2) is 18.3 Å². The Morgan fingerprint density at radius 1 is 1.35 bits per heavy atom. The molecule has 23 heavy (non-hydrogen) atoms. The third-order valence-corrected chi connectivity index (χ3v) is 5.70. The Balaban J connectivity index is 1.75. The van der Waals surface area contributed by atoms with Crippen molar-refractivity contribution in [2.24, 2.45) is 0 Å². The van der Waals surface area contributed by atoms with Gasteiger partial charge in [-0.3, -0.25) is 4.90 Å². The molecule has 1 N–H and O–H groups in total. The van der Waals surface area contributed by atoms with Gasteiger partial charge in [0.05, 0.1) is 18.8 Å². The molecule has 0 amide bonds. The lowest BCUT2D eigenvalue weighted by atomic mass is 9.95. The van der Waals surface area contributed by atoms with Gasteiger partial charge in [0.2, 0.25) is 0 Å². The fourth-order valence-corrected chi connectivity index (χ4v) is 4.64. The number of aromatic nitrogens is 1. The van der Waals surface area contributed by atoms with E-state index in [1.165, 1.54) is 12.3 Å². The van der Waals surface area contributed by atoms with Crippen LogP contribution in [-0.2, 0) is 10.9 Å². The quantitative estimate of drug-likeness (QED) is 0.906. The summed E-state index contributed by atoms with van der Waals surface area (Å²) in [4.78, 5) is 6.26. The van der Waals surface area contributed by atoms with Crippen LogP contribution in [0.4, 0.5) is 19.0 Å². The lowest BCUT2D eigenvalue weighted by Crippen LogP contribution is -2.57. The first-order valence-corrected chi connectivity index (χ1v) is 8.83. The smallest absolute Gasteiger partial charge is 0.379 e. The number of nitrogens with one attached hydrogen (secondary N) is 1. The Bertz CT molecular complexity index is 529. The zero-order chi connectivity index (χ0) is 16.3. The Morgan fingerprint density at radius 3 is 2.78 bits per heavy atom. The van der Waals surface area contributed by atoms with Crippen molar-refractivity contribution in [2.45, 2.75) is 18.1 Å². The molecule has 1 unspecified atom stereocenters. The van der Waals surface area contributed by atoms with Crippen molar-refractivity contribution >= 4 is 17.6 Å². The maximum atomic E-state index is 13.1. The van der Waals surface area contributed by atoms with Crippen LogP contribution in [0.2, 0.25) is 0 Å². The van der Waals surface area contributed by atoms with Gasteiger partial charge in [0, 0.05) is 37.1 Å². The Hall–Kier alpha value is -0.990. The van der Waals surface area contributed by atoms with Gasteiger partial charge in [-0.25, -0.2) is 4.98 Å². The fourth-order valence-electron chi connectivity index (χ4n) is 3.16. The normalized spacial score (nSPS) is 26.4. The molecule has 0 spiro atoms. The minimum absolute atomic E-state index is 0.0791. The van der Waals surface area contributed by atoms with Gasteiger partial charge in [-0.05, 0) is 24.3 Å². The first-order valence-electron chi connectivity index (χ1n) is 7.68. The number of hydrogen-bond acceptors (Lipinski definition) is 5. The molecule has 1 aromatic heterocycles. The zero-order valence-corrected chi connectivity index (χ0v) is 13.6. The third-order valence-electron chi connectivity index (χ3n) is 4.46. The van der Waals surface area contributed by atoms with E-state index in [4.69, 9.17) is 4.74 Å². The van der Waals surface area contributed by atoms with Crippen molar-refractivity contribution < 1.29 is 17.9 Å². The molecular formula is C15H20F3N3OS. The van der Waals surface area contributed by atoms with Crippen molar-refractivity contribution in [2.75, 3.05) is 49.7 Å². The molecule has 2 aliphatic rings. The number of pyridine rings is 1. The third kappa shape index (κ3) is 3.75. The van der Waals surface area contributed by atoms with E-state index in [2.05, 4.69) is 15.2 Å². The summed E-state index contributed by atoms with van der Waals surface area (Å²) >= 11 is 1.85. The summed E-state index contributed by atoms with van der Waals surface area (Å²) in [6, 6.07) is 2.39. The van der Waals surface area contributed by atoms with Gasteiger partial charge in [0.1, 0.15) is 5.82 Å². The average Bonchev–Trinajstić information content (AvgIpc) is 3.03. The van der Waals surface area contributed by atoms with Crippen LogP contribution in [0.3, 0.4) is 0 Å². The molecule has 2 saturated heterocycles. The summed E-state index contributed by atoms with van der Waals surface area (Å²) < 4.78 is 44.7. The molecule has 0 aliphatic carbocycles. The zero-order valence-electron chi connectivity index (χ0n) is 12.7. The van der Waals surface area contributed by atoms with Gasteiger partial charge < -0.3 is 10.1 Å². The van der Waals surface area contributed by atoms with E-state index < -0.39 is 11.7 Å². The molecule has 1 aromatic rings. The second-order valence-electron chi connectivity index (χ2n) is 5.88. The molecule has 0 aromatic carbocycles. The predicted octanol–water partition coefficient (Wildman–Crippen LogP) is 2.72. The van der Waals surface area contributed by atoms with Gasteiger partial charge in [-0.15, -0.1) is 0 Å². The molecule has 3 heterocycles. The van der Waals surface area contributed by atoms with Crippen LogP contribution >= 0.6 is 11.8 Å². The van der Waals surface area contributed by atoms with E-state index in [0.29, 0.717) is 19.8 Å². The van der Waals surface area contributed by atoms with Crippen molar-refractivity contribution in [3.8, 4) is 0 Å². The molecule has 8 heteroatoms. The van der Waals surface area contributed by atoms with E-state index in [0.717, 1.165) is 37.1 Å². The number of ether oxygens (including phenoxy) is 1. The monoisotopic (exact) mass is 347 g/mol. The second kappa shape index (κ2) is 6.86. The Labute approximate surface area is 137 Å². The Morgan fingerprint density at radius 2 is 2.13 bits per heavy atom. The molecule has 1 atom stereocenters. The van der Waals surface area contributed by atoms with Crippen LogP contribution < -0.4 is 5.32 Å². The molecule has 0 radical (unpaired) electrons. The highest BCUT2D eigenvalue weighted by Gasteiger charge is 2.41. The summed E-state index contributed by atoms with van der Waals surface area (Å²) in [5.74, 6) is 1.88. The maximum absolute atomic E-state index is 13.1. The second-order valence-corrected chi connectivity index (χ2v) is 6.98. The van der Waals surface area contributed by atoms with E-state index in [1.807, 2.05) is 11.8 Å². The van der Waals surface area contributed by atoms with Crippen LogP contribution in [0.25, 0.3) is 0 Å². The standard InChI is InChI=1S/C15H20F3N3OS/c16-15(17,18)12-2-1-4-19-13(12)20-10-14(3-9-23-11-14)21-5-7-22-8-6-21/h1-2,4H,3,5-11H2,(H,19,20). The predicted molar refractivity (Wildman–Crippen MR) is 84.8 cm³/mol. The number of thioether (sulfide) groups is 1. The van der Waals surface area contributed by atoms with Gasteiger partial charge >= 0.3 is 6.18 Å². The van der Waals surface area contributed by atoms with Gasteiger partial charge in [0.15, 0.2) is 0 Å². The molecule has 2 fully saturated rings. The molecular weight excluding hydrogens is 327 g/mol. The summed E-state index contributed by atoms with van der Waals surface area (Å²) in [5, 5.41) is 2.97. The van der Waals surface area contributed by atoms with Crippen LogP contribution in [-0.4, -0.2) is 59.8 Å². The van der Waals surface area contributed by atoms with Crippen LogP contribution in [0, 0.1) is 0 Å². The van der Waals surface area contributed by atoms with Crippen LogP contribution in [0.5, 0.6) is 0 Å². The van der Waals surface area contributed by atoms with Crippen molar-refractivity contribution in [3.05, 3.63) is 23.9 Å². The van der Waals surface area contributed by atoms with Crippen molar-refractivity contribution in [1.82, 2.24) is 9.88 Å². The van der Waals surface area contributed by atoms with E-state index in [-0.39, 0.29) is 11.4 Å². The highest BCUT2D eigenvalue weighted by Crippen LogP contribution is 2.36. The number of anilines is 1. The maximum Gasteiger partial charge on any atom is 0.419 e. The highest BCUT2D eigenvalue weighted by molar-refractivity contribution is 7.99. The number of morpholine rings is 1. The minimum Gasteiger partial charge on any atom is -0.379 e. The number of hydrogen-bond donors (Lipinski definition) is 1. The summed E-state index contributed by atoms with van der Waals surface area (Å²) in [7, 11) is 0. The summed E-state index contributed by atoms with van der Waals surface area (Å²) in [5.41, 5.74) is -0.822. The lowest BCUT2D eigenvalue weighted by Gasteiger charge is -2.43. The number of nitrogens with zero attached hydrogens (tertiary/aromatic N) is 2. The van der Waals surface area contributed by atoms with E-state index in [9.17, 15) is 13.2 Å². The summed E-state index contributed by atoms with van der Waals surface area (Å²) in [6.07, 6.45) is -2.03. The fraction of sp³-hybridized carbons (Fsp3) is 0.667. The topological polar surface area (TPSA) is 37.4 Å². The van der Waals surface area contributed by atoms with Gasteiger partial charge in [0.25, 0.3) is 0 Å². The SMILES string of the molecule is FC(F)(F)c1cccnc1NCC1(N2CCOCC2)CCSC1. The van der Waals surface area contributed by atoms with Gasteiger partial charge in [-0.2, -0.15) is 24.9 Å². The minimum atomic E-state index is -4.40. The molecule has 128 valence electrons.